The van der Waals surface area contributed by atoms with Crippen molar-refractivity contribution in [2.45, 2.75) is 44.2 Å². The lowest BCUT2D eigenvalue weighted by Crippen LogP contribution is -2.50. The number of rotatable bonds is 5. The van der Waals surface area contributed by atoms with Gasteiger partial charge in [-0.25, -0.2) is 13.4 Å². The van der Waals surface area contributed by atoms with Crippen LogP contribution in [0.1, 0.15) is 27.7 Å². The van der Waals surface area contributed by atoms with Gasteiger partial charge in [-0.05, 0) is 39.8 Å². The molecule has 8 heteroatoms. The molecule has 1 atom stereocenters. The summed E-state index contributed by atoms with van der Waals surface area (Å²) in [7, 11) is -2.26. The number of nitrogens with one attached hydrogen (secondary N) is 3. The fourth-order valence-corrected chi connectivity index (χ4v) is 2.99. The Morgan fingerprint density at radius 2 is 1.95 bits per heavy atom. The molecule has 0 radical (unpaired) electrons. The number of hydrogen-bond donors (Lipinski definition) is 3. The Morgan fingerprint density at radius 3 is 2.48 bits per heavy atom. The second-order valence-corrected chi connectivity index (χ2v) is 7.36. The van der Waals surface area contributed by atoms with Gasteiger partial charge in [0.05, 0.1) is 6.04 Å². The summed E-state index contributed by atoms with van der Waals surface area (Å²) in [4.78, 5) is 15.9. The highest BCUT2D eigenvalue weighted by atomic mass is 32.2. The predicted molar refractivity (Wildman–Crippen MR) is 81.5 cm³/mol. The minimum absolute atomic E-state index is 0.00269. The zero-order chi connectivity index (χ0) is 16.3. The molecule has 21 heavy (non-hydrogen) atoms. The molecule has 0 fully saturated rings. The Kier molecular flexibility index (Phi) is 5.30. The molecule has 1 amide bonds. The third-order valence-corrected chi connectivity index (χ3v) is 4.09. The van der Waals surface area contributed by atoms with Crippen LogP contribution in [-0.4, -0.2) is 37.9 Å². The fraction of sp³-hybridized carbons (Fsp3) is 0.538. The minimum Gasteiger partial charge on any atom is -0.372 e. The molecule has 0 aromatic carbocycles. The number of carbonyl (C=O) groups is 1. The molecule has 1 aromatic rings. The Balaban J connectivity index is 2.93. The Morgan fingerprint density at radius 1 is 1.33 bits per heavy atom. The van der Waals surface area contributed by atoms with Gasteiger partial charge in [0.15, 0.2) is 0 Å². The van der Waals surface area contributed by atoms with E-state index in [2.05, 4.69) is 20.3 Å². The molecule has 1 heterocycles. The standard InChI is InChI=1S/C13H22N4O3S/c1-9(12(18)16-13(2,3)4)17-21(19,20)10-7-6-8-15-11(10)14-5/h6-9,17H,1-5H3,(H,14,15)(H,16,18). The summed E-state index contributed by atoms with van der Waals surface area (Å²) < 4.78 is 27.0. The maximum Gasteiger partial charge on any atom is 0.244 e. The Bertz CT molecular complexity index is 608. The summed E-state index contributed by atoms with van der Waals surface area (Å²) in [6, 6.07) is 2.06. The first-order valence-corrected chi connectivity index (χ1v) is 8.02. The predicted octanol–water partition coefficient (Wildman–Crippen LogP) is 0.705. The highest BCUT2D eigenvalue weighted by Gasteiger charge is 2.26. The van der Waals surface area contributed by atoms with Crippen LogP contribution in [0.25, 0.3) is 0 Å². The highest BCUT2D eigenvalue weighted by molar-refractivity contribution is 7.89. The number of sulfonamides is 1. The lowest BCUT2D eigenvalue weighted by Gasteiger charge is -2.23. The number of amides is 1. The number of aromatic nitrogens is 1. The lowest BCUT2D eigenvalue weighted by atomic mass is 10.1. The first-order valence-electron chi connectivity index (χ1n) is 6.54. The van der Waals surface area contributed by atoms with E-state index in [1.54, 1.807) is 7.05 Å². The van der Waals surface area contributed by atoms with E-state index in [0.29, 0.717) is 0 Å². The molecule has 7 nitrogen and oxygen atoms in total. The second kappa shape index (κ2) is 6.40. The summed E-state index contributed by atoms with van der Waals surface area (Å²) >= 11 is 0. The van der Waals surface area contributed by atoms with E-state index in [9.17, 15) is 13.2 Å². The molecular weight excluding hydrogens is 292 g/mol. The molecule has 0 aliphatic carbocycles. The van der Waals surface area contributed by atoms with Crippen molar-refractivity contribution in [3.63, 3.8) is 0 Å². The van der Waals surface area contributed by atoms with Gasteiger partial charge in [-0.3, -0.25) is 4.79 Å². The van der Waals surface area contributed by atoms with E-state index in [4.69, 9.17) is 0 Å². The van der Waals surface area contributed by atoms with Crippen molar-refractivity contribution in [2.24, 2.45) is 0 Å². The average Bonchev–Trinajstić information content (AvgIpc) is 2.36. The number of anilines is 1. The van der Waals surface area contributed by atoms with E-state index in [-0.39, 0.29) is 16.6 Å². The van der Waals surface area contributed by atoms with E-state index >= 15 is 0 Å². The van der Waals surface area contributed by atoms with Crippen LogP contribution in [0, 0.1) is 0 Å². The van der Waals surface area contributed by atoms with Crippen LogP contribution in [0.2, 0.25) is 0 Å². The van der Waals surface area contributed by atoms with Crippen molar-refractivity contribution in [2.75, 3.05) is 12.4 Å². The molecular formula is C13H22N4O3S. The SMILES string of the molecule is CNc1ncccc1S(=O)(=O)NC(C)C(=O)NC(C)(C)C. The number of pyridine rings is 1. The summed E-state index contributed by atoms with van der Waals surface area (Å²) in [6.45, 7) is 6.97. The van der Waals surface area contributed by atoms with Gasteiger partial charge in [0.25, 0.3) is 0 Å². The highest BCUT2D eigenvalue weighted by Crippen LogP contribution is 2.17. The van der Waals surface area contributed by atoms with Crippen LogP contribution in [0.5, 0.6) is 0 Å². The molecule has 0 aliphatic heterocycles. The molecule has 3 N–H and O–H groups in total. The summed E-state index contributed by atoms with van der Waals surface area (Å²) in [5.74, 6) is -0.158. The number of nitrogens with zero attached hydrogens (tertiary/aromatic N) is 1. The second-order valence-electron chi connectivity index (χ2n) is 5.68. The Labute approximate surface area is 125 Å². The molecule has 0 saturated heterocycles. The van der Waals surface area contributed by atoms with Crippen LogP contribution in [0.3, 0.4) is 0 Å². The summed E-state index contributed by atoms with van der Waals surface area (Å²) in [6.07, 6.45) is 1.49. The van der Waals surface area contributed by atoms with Crippen LogP contribution < -0.4 is 15.4 Å². The molecule has 1 rings (SSSR count). The Hall–Kier alpha value is -1.67. The molecule has 118 valence electrons. The van der Waals surface area contributed by atoms with E-state index in [1.165, 1.54) is 25.3 Å². The van der Waals surface area contributed by atoms with Gasteiger partial charge < -0.3 is 10.6 Å². The van der Waals surface area contributed by atoms with Crippen LogP contribution in [0.15, 0.2) is 23.2 Å². The third kappa shape index (κ3) is 4.98. The van der Waals surface area contributed by atoms with Crippen molar-refractivity contribution in [3.8, 4) is 0 Å². The zero-order valence-corrected chi connectivity index (χ0v) is 13.7. The average molecular weight is 314 g/mol. The first kappa shape index (κ1) is 17.4. The number of carbonyl (C=O) groups excluding carboxylic acids is 1. The van der Waals surface area contributed by atoms with Crippen molar-refractivity contribution in [3.05, 3.63) is 18.3 Å². The van der Waals surface area contributed by atoms with E-state index in [0.717, 1.165) is 0 Å². The van der Waals surface area contributed by atoms with Gasteiger partial charge in [0.1, 0.15) is 10.7 Å². The van der Waals surface area contributed by atoms with Crippen LogP contribution in [0.4, 0.5) is 5.82 Å². The van der Waals surface area contributed by atoms with Crippen molar-refractivity contribution >= 4 is 21.7 Å². The third-order valence-electron chi connectivity index (χ3n) is 2.52. The molecule has 1 aromatic heterocycles. The van der Waals surface area contributed by atoms with E-state index < -0.39 is 21.6 Å². The maximum absolute atomic E-state index is 12.3. The number of hydrogen-bond acceptors (Lipinski definition) is 5. The molecule has 0 bridgehead atoms. The van der Waals surface area contributed by atoms with Crippen molar-refractivity contribution in [1.82, 2.24) is 15.0 Å². The maximum atomic E-state index is 12.3. The monoisotopic (exact) mass is 314 g/mol. The smallest absolute Gasteiger partial charge is 0.244 e. The topological polar surface area (TPSA) is 100 Å². The zero-order valence-electron chi connectivity index (χ0n) is 12.9. The minimum atomic E-state index is -3.84. The lowest BCUT2D eigenvalue weighted by molar-refractivity contribution is -0.123. The van der Waals surface area contributed by atoms with Gasteiger partial charge in [-0.1, -0.05) is 0 Å². The van der Waals surface area contributed by atoms with Gasteiger partial charge in [0, 0.05) is 18.8 Å². The summed E-state index contributed by atoms with van der Waals surface area (Å²) in [5.41, 5.74) is -0.429. The quantitative estimate of drug-likeness (QED) is 0.743. The fourth-order valence-electron chi connectivity index (χ4n) is 1.62. The molecule has 0 spiro atoms. The van der Waals surface area contributed by atoms with Crippen LogP contribution >= 0.6 is 0 Å². The molecule has 0 saturated carbocycles. The van der Waals surface area contributed by atoms with Gasteiger partial charge in [-0.15, -0.1) is 0 Å². The van der Waals surface area contributed by atoms with Gasteiger partial charge in [0.2, 0.25) is 15.9 Å². The van der Waals surface area contributed by atoms with Crippen LogP contribution in [-0.2, 0) is 14.8 Å². The van der Waals surface area contributed by atoms with Gasteiger partial charge >= 0.3 is 0 Å². The summed E-state index contributed by atoms with van der Waals surface area (Å²) in [5, 5.41) is 5.44. The van der Waals surface area contributed by atoms with E-state index in [1.807, 2.05) is 20.8 Å². The van der Waals surface area contributed by atoms with Crippen molar-refractivity contribution < 1.29 is 13.2 Å². The molecule has 0 aliphatic rings. The largest absolute Gasteiger partial charge is 0.372 e. The molecule has 1 unspecified atom stereocenters. The first-order chi connectivity index (χ1) is 9.57. The normalized spacial score (nSPS) is 13.6. The van der Waals surface area contributed by atoms with Gasteiger partial charge in [-0.2, -0.15) is 4.72 Å². The van der Waals surface area contributed by atoms with Crippen molar-refractivity contribution in [1.29, 1.82) is 0 Å².